The van der Waals surface area contributed by atoms with Crippen LogP contribution in [0.5, 0.6) is 11.5 Å². The smallest absolute Gasteiger partial charge is 0.221 e. The summed E-state index contributed by atoms with van der Waals surface area (Å²) < 4.78 is 35.8. The number of carbonyl (C=O) groups excluding carboxylic acids is 2. The SMILES string of the molecule is COc1ccc(CS(=O)(=O)Cc2ccc(OC)c(NC(C)=O)c2)cc1NC(C)=O. The van der Waals surface area contributed by atoms with Crippen molar-refractivity contribution < 1.29 is 27.5 Å². The first kappa shape index (κ1) is 22.2. The van der Waals surface area contributed by atoms with E-state index < -0.39 is 9.84 Å². The van der Waals surface area contributed by atoms with Crippen molar-refractivity contribution in [2.75, 3.05) is 24.9 Å². The predicted octanol–water partition coefficient (Wildman–Crippen LogP) is 2.74. The van der Waals surface area contributed by atoms with Crippen molar-refractivity contribution in [1.82, 2.24) is 0 Å². The van der Waals surface area contributed by atoms with Crippen molar-refractivity contribution >= 4 is 33.0 Å². The summed E-state index contributed by atoms with van der Waals surface area (Å²) in [5.41, 5.74) is 1.85. The number of ether oxygens (including phenoxy) is 2. The number of methoxy groups -OCH3 is 2. The highest BCUT2D eigenvalue weighted by Crippen LogP contribution is 2.29. The van der Waals surface area contributed by atoms with Gasteiger partial charge in [0.2, 0.25) is 11.8 Å². The van der Waals surface area contributed by atoms with Crippen LogP contribution in [-0.2, 0) is 30.9 Å². The van der Waals surface area contributed by atoms with Gasteiger partial charge in [0.25, 0.3) is 0 Å². The van der Waals surface area contributed by atoms with E-state index >= 15 is 0 Å². The molecular weight excluding hydrogens is 396 g/mol. The average Bonchev–Trinajstić information content (AvgIpc) is 2.60. The van der Waals surface area contributed by atoms with Crippen LogP contribution < -0.4 is 20.1 Å². The second-order valence-electron chi connectivity index (χ2n) is 6.46. The minimum Gasteiger partial charge on any atom is -0.495 e. The Morgan fingerprint density at radius 2 is 1.17 bits per heavy atom. The van der Waals surface area contributed by atoms with Gasteiger partial charge in [-0.1, -0.05) is 12.1 Å². The molecule has 0 aliphatic carbocycles. The molecule has 0 unspecified atom stereocenters. The summed E-state index contributed by atoms with van der Waals surface area (Å²) in [5.74, 6) is -0.122. The molecule has 2 aromatic rings. The summed E-state index contributed by atoms with van der Waals surface area (Å²) in [6.07, 6.45) is 0. The molecule has 9 heteroatoms. The summed E-state index contributed by atoms with van der Waals surface area (Å²) >= 11 is 0. The van der Waals surface area contributed by atoms with E-state index in [1.165, 1.54) is 28.1 Å². The minimum absolute atomic E-state index is 0.217. The summed E-state index contributed by atoms with van der Waals surface area (Å²) in [6, 6.07) is 9.65. The first-order chi connectivity index (χ1) is 13.6. The first-order valence-corrected chi connectivity index (χ1v) is 10.5. The zero-order valence-electron chi connectivity index (χ0n) is 16.7. The second-order valence-corrected chi connectivity index (χ2v) is 8.53. The third-order valence-electron chi connectivity index (χ3n) is 3.92. The molecule has 0 atom stereocenters. The van der Waals surface area contributed by atoms with Crippen molar-refractivity contribution in [2.45, 2.75) is 25.4 Å². The number of nitrogens with one attached hydrogen (secondary N) is 2. The van der Waals surface area contributed by atoms with Crippen molar-refractivity contribution in [3.63, 3.8) is 0 Å². The molecule has 2 rings (SSSR count). The standard InChI is InChI=1S/C20H24N2O6S/c1-13(23)21-17-9-15(5-7-19(17)27-3)11-29(25,26)12-16-6-8-20(28-4)18(10-16)22-14(2)24/h5-10H,11-12H2,1-4H3,(H,21,23)(H,22,24). The summed E-state index contributed by atoms with van der Waals surface area (Å²) in [7, 11) is -0.593. The Morgan fingerprint density at radius 1 is 0.793 bits per heavy atom. The zero-order valence-corrected chi connectivity index (χ0v) is 17.6. The molecule has 0 radical (unpaired) electrons. The molecular formula is C20H24N2O6S. The number of benzene rings is 2. The van der Waals surface area contributed by atoms with Crippen LogP contribution in [0.2, 0.25) is 0 Å². The molecule has 29 heavy (non-hydrogen) atoms. The lowest BCUT2D eigenvalue weighted by Gasteiger charge is -2.13. The Morgan fingerprint density at radius 3 is 1.48 bits per heavy atom. The van der Waals surface area contributed by atoms with Crippen LogP contribution in [0.4, 0.5) is 11.4 Å². The highest BCUT2D eigenvalue weighted by atomic mass is 32.2. The molecule has 2 N–H and O–H groups in total. The molecule has 0 saturated heterocycles. The lowest BCUT2D eigenvalue weighted by Crippen LogP contribution is -2.11. The molecule has 0 fully saturated rings. The lowest BCUT2D eigenvalue weighted by atomic mass is 10.2. The van der Waals surface area contributed by atoms with Crippen LogP contribution in [0.15, 0.2) is 36.4 Å². The van der Waals surface area contributed by atoms with E-state index in [0.717, 1.165) is 0 Å². The molecule has 0 aliphatic rings. The number of anilines is 2. The maximum Gasteiger partial charge on any atom is 0.221 e. The van der Waals surface area contributed by atoms with Crippen LogP contribution >= 0.6 is 0 Å². The molecule has 0 aromatic heterocycles. The Kier molecular flexibility index (Phi) is 7.22. The van der Waals surface area contributed by atoms with Gasteiger partial charge in [0, 0.05) is 13.8 Å². The number of hydrogen-bond donors (Lipinski definition) is 2. The Balaban J connectivity index is 2.24. The van der Waals surface area contributed by atoms with Crippen molar-refractivity contribution in [3.05, 3.63) is 47.5 Å². The lowest BCUT2D eigenvalue weighted by molar-refractivity contribution is -0.115. The first-order valence-electron chi connectivity index (χ1n) is 8.73. The van der Waals surface area contributed by atoms with Gasteiger partial charge in [-0.05, 0) is 35.4 Å². The number of hydrogen-bond acceptors (Lipinski definition) is 6. The van der Waals surface area contributed by atoms with Crippen LogP contribution in [0.1, 0.15) is 25.0 Å². The third-order valence-corrected chi connectivity index (χ3v) is 5.47. The van der Waals surface area contributed by atoms with Crippen LogP contribution in [0.25, 0.3) is 0 Å². The molecule has 0 saturated carbocycles. The van der Waals surface area contributed by atoms with E-state index in [1.807, 2.05) is 0 Å². The van der Waals surface area contributed by atoms with E-state index in [4.69, 9.17) is 9.47 Å². The van der Waals surface area contributed by atoms with E-state index in [0.29, 0.717) is 34.0 Å². The Labute approximate surface area is 170 Å². The van der Waals surface area contributed by atoms with Gasteiger partial charge in [-0.2, -0.15) is 0 Å². The van der Waals surface area contributed by atoms with E-state index in [1.54, 1.807) is 36.4 Å². The quantitative estimate of drug-likeness (QED) is 0.679. The minimum atomic E-state index is -3.52. The fourth-order valence-corrected chi connectivity index (χ4v) is 4.30. The van der Waals surface area contributed by atoms with E-state index in [-0.39, 0.29) is 23.3 Å². The second kappa shape index (κ2) is 9.42. The molecule has 0 spiro atoms. The van der Waals surface area contributed by atoms with Gasteiger partial charge in [0.15, 0.2) is 9.84 Å². The topological polar surface area (TPSA) is 111 Å². The highest BCUT2D eigenvalue weighted by molar-refractivity contribution is 7.89. The zero-order chi connectivity index (χ0) is 21.6. The van der Waals surface area contributed by atoms with E-state index in [9.17, 15) is 18.0 Å². The molecule has 2 aromatic carbocycles. The van der Waals surface area contributed by atoms with Gasteiger partial charge in [0.1, 0.15) is 11.5 Å². The Hall–Kier alpha value is -3.07. The molecule has 156 valence electrons. The van der Waals surface area contributed by atoms with Gasteiger partial charge >= 0.3 is 0 Å². The van der Waals surface area contributed by atoms with Gasteiger partial charge in [-0.3, -0.25) is 9.59 Å². The molecule has 0 bridgehead atoms. The summed E-state index contributed by atoms with van der Waals surface area (Å²) in [4.78, 5) is 22.7. The number of sulfone groups is 1. The van der Waals surface area contributed by atoms with Gasteiger partial charge in [0.05, 0.1) is 37.1 Å². The average molecular weight is 420 g/mol. The molecule has 8 nitrogen and oxygen atoms in total. The van der Waals surface area contributed by atoms with Gasteiger partial charge in [-0.25, -0.2) is 8.42 Å². The number of carbonyl (C=O) groups is 2. The van der Waals surface area contributed by atoms with Crippen LogP contribution in [0, 0.1) is 0 Å². The number of amides is 2. The third kappa shape index (κ3) is 6.49. The molecule has 2 amide bonds. The van der Waals surface area contributed by atoms with Gasteiger partial charge < -0.3 is 20.1 Å². The van der Waals surface area contributed by atoms with Crippen molar-refractivity contribution in [1.29, 1.82) is 0 Å². The predicted molar refractivity (Wildman–Crippen MR) is 111 cm³/mol. The van der Waals surface area contributed by atoms with Crippen LogP contribution in [0.3, 0.4) is 0 Å². The van der Waals surface area contributed by atoms with Gasteiger partial charge in [-0.15, -0.1) is 0 Å². The fraction of sp³-hybridized carbons (Fsp3) is 0.300. The summed E-state index contributed by atoms with van der Waals surface area (Å²) in [5, 5.41) is 5.25. The fourth-order valence-electron chi connectivity index (χ4n) is 2.82. The largest absolute Gasteiger partial charge is 0.495 e. The number of rotatable bonds is 8. The monoisotopic (exact) mass is 420 g/mol. The normalized spacial score (nSPS) is 10.9. The Bertz CT molecular complexity index is 942. The van der Waals surface area contributed by atoms with Crippen LogP contribution in [-0.4, -0.2) is 34.5 Å². The van der Waals surface area contributed by atoms with E-state index in [2.05, 4.69) is 10.6 Å². The highest BCUT2D eigenvalue weighted by Gasteiger charge is 2.17. The van der Waals surface area contributed by atoms with Crippen molar-refractivity contribution in [3.8, 4) is 11.5 Å². The molecule has 0 heterocycles. The maximum absolute atomic E-state index is 12.7. The maximum atomic E-state index is 12.7. The van der Waals surface area contributed by atoms with Crippen molar-refractivity contribution in [2.24, 2.45) is 0 Å². The summed E-state index contributed by atoms with van der Waals surface area (Å²) in [6.45, 7) is 2.72. The molecule has 0 aliphatic heterocycles.